The Morgan fingerprint density at radius 2 is 1.76 bits per heavy atom. The summed E-state index contributed by atoms with van der Waals surface area (Å²) in [5.74, 6) is 0.533. The van der Waals surface area contributed by atoms with Crippen molar-refractivity contribution >= 4 is 52.5 Å². The summed E-state index contributed by atoms with van der Waals surface area (Å²) in [6.07, 6.45) is 0. The van der Waals surface area contributed by atoms with Gasteiger partial charge in [-0.15, -0.1) is 11.8 Å². The summed E-state index contributed by atoms with van der Waals surface area (Å²) in [5.41, 5.74) is 0.389. The van der Waals surface area contributed by atoms with Gasteiger partial charge in [-0.3, -0.25) is 4.79 Å². The van der Waals surface area contributed by atoms with Gasteiger partial charge in [0.2, 0.25) is 0 Å². The van der Waals surface area contributed by atoms with Crippen LogP contribution in [0.5, 0.6) is 0 Å². The highest BCUT2D eigenvalue weighted by Gasteiger charge is 2.11. The lowest BCUT2D eigenvalue weighted by Gasteiger charge is -2.07. The predicted molar refractivity (Wildman–Crippen MR) is 91.0 cm³/mol. The number of carbonyl (C=O) groups excluding carboxylic acids is 1. The third-order valence-corrected chi connectivity index (χ3v) is 4.75. The molecule has 6 heteroatoms. The second-order valence-electron chi connectivity index (χ2n) is 4.16. The first-order valence-corrected chi connectivity index (χ1v) is 8.30. The van der Waals surface area contributed by atoms with Gasteiger partial charge < -0.3 is 5.32 Å². The molecule has 2 nitrogen and oxygen atoms in total. The van der Waals surface area contributed by atoms with Crippen molar-refractivity contribution in [1.29, 1.82) is 0 Å². The third-order valence-electron chi connectivity index (χ3n) is 2.67. The molecule has 0 aliphatic heterocycles. The van der Waals surface area contributed by atoms with E-state index in [1.807, 2.05) is 24.3 Å². The van der Waals surface area contributed by atoms with E-state index in [0.29, 0.717) is 22.2 Å². The first kappa shape index (κ1) is 16.5. The number of nitrogens with one attached hydrogen (secondary N) is 1. The van der Waals surface area contributed by atoms with E-state index in [4.69, 9.17) is 34.8 Å². The SMILES string of the molecule is O=C(NCCSc1ccc(Cl)cc1)c1cccc(Cl)c1Cl. The van der Waals surface area contributed by atoms with Crippen LogP contribution in [0.2, 0.25) is 15.1 Å². The number of hydrogen-bond donors (Lipinski definition) is 1. The number of thioether (sulfide) groups is 1. The van der Waals surface area contributed by atoms with Gasteiger partial charge in [-0.1, -0.05) is 40.9 Å². The monoisotopic (exact) mass is 359 g/mol. The lowest BCUT2D eigenvalue weighted by molar-refractivity contribution is 0.0956. The van der Waals surface area contributed by atoms with E-state index in [2.05, 4.69) is 5.32 Å². The van der Waals surface area contributed by atoms with E-state index in [9.17, 15) is 4.79 Å². The zero-order valence-electron chi connectivity index (χ0n) is 10.9. The van der Waals surface area contributed by atoms with Gasteiger partial charge in [0, 0.05) is 22.2 Å². The number of benzene rings is 2. The average Bonchev–Trinajstić information content (AvgIpc) is 2.48. The zero-order valence-corrected chi connectivity index (χ0v) is 14.0. The highest BCUT2D eigenvalue weighted by atomic mass is 35.5. The number of amides is 1. The molecule has 0 atom stereocenters. The van der Waals surface area contributed by atoms with Gasteiger partial charge in [0.05, 0.1) is 15.6 Å². The minimum atomic E-state index is -0.223. The van der Waals surface area contributed by atoms with E-state index >= 15 is 0 Å². The fourth-order valence-electron chi connectivity index (χ4n) is 1.64. The molecular weight excluding hydrogens is 349 g/mol. The van der Waals surface area contributed by atoms with Gasteiger partial charge in [0.1, 0.15) is 0 Å². The molecule has 0 spiro atoms. The maximum absolute atomic E-state index is 12.0. The van der Waals surface area contributed by atoms with Gasteiger partial charge in [-0.05, 0) is 36.4 Å². The number of carbonyl (C=O) groups is 1. The van der Waals surface area contributed by atoms with Gasteiger partial charge >= 0.3 is 0 Å². The normalized spacial score (nSPS) is 10.4. The molecular formula is C15H12Cl3NOS. The molecule has 2 aromatic rings. The molecule has 0 bridgehead atoms. The van der Waals surface area contributed by atoms with E-state index in [1.165, 1.54) is 0 Å². The van der Waals surface area contributed by atoms with Crippen LogP contribution in [0.4, 0.5) is 0 Å². The fourth-order valence-corrected chi connectivity index (χ4v) is 2.92. The molecule has 2 rings (SSSR count). The summed E-state index contributed by atoms with van der Waals surface area (Å²) in [6.45, 7) is 0.537. The van der Waals surface area contributed by atoms with Crippen molar-refractivity contribution in [2.45, 2.75) is 4.90 Å². The van der Waals surface area contributed by atoms with E-state index in [1.54, 1.807) is 30.0 Å². The average molecular weight is 361 g/mol. The zero-order chi connectivity index (χ0) is 15.2. The molecule has 0 saturated carbocycles. The molecule has 0 heterocycles. The van der Waals surface area contributed by atoms with Crippen LogP contribution in [0.1, 0.15) is 10.4 Å². The first-order chi connectivity index (χ1) is 10.1. The van der Waals surface area contributed by atoms with Crippen LogP contribution in [0.15, 0.2) is 47.4 Å². The molecule has 0 aromatic heterocycles. The van der Waals surface area contributed by atoms with E-state index < -0.39 is 0 Å². The second-order valence-corrected chi connectivity index (χ2v) is 6.55. The Labute approximate surface area is 142 Å². The quantitative estimate of drug-likeness (QED) is 0.589. The van der Waals surface area contributed by atoms with Crippen molar-refractivity contribution in [3.8, 4) is 0 Å². The van der Waals surface area contributed by atoms with Crippen molar-refractivity contribution < 1.29 is 4.79 Å². The van der Waals surface area contributed by atoms with Gasteiger partial charge in [-0.25, -0.2) is 0 Å². The van der Waals surface area contributed by atoms with Crippen LogP contribution in [-0.2, 0) is 0 Å². The summed E-state index contributed by atoms with van der Waals surface area (Å²) in [6, 6.07) is 12.6. The highest BCUT2D eigenvalue weighted by Crippen LogP contribution is 2.25. The predicted octanol–water partition coefficient (Wildman–Crippen LogP) is 5.17. The molecule has 0 aliphatic carbocycles. The maximum atomic E-state index is 12.0. The van der Waals surface area contributed by atoms with E-state index in [0.717, 1.165) is 10.6 Å². The van der Waals surface area contributed by atoms with Crippen LogP contribution in [0.3, 0.4) is 0 Å². The Bertz CT molecular complexity index is 631. The highest BCUT2D eigenvalue weighted by molar-refractivity contribution is 7.99. The summed E-state index contributed by atoms with van der Waals surface area (Å²) in [7, 11) is 0. The minimum absolute atomic E-state index is 0.223. The number of rotatable bonds is 5. The smallest absolute Gasteiger partial charge is 0.252 e. The number of hydrogen-bond acceptors (Lipinski definition) is 2. The van der Waals surface area contributed by atoms with Crippen molar-refractivity contribution in [2.75, 3.05) is 12.3 Å². The molecule has 2 aromatic carbocycles. The fraction of sp³-hybridized carbons (Fsp3) is 0.133. The Balaban J connectivity index is 1.82. The summed E-state index contributed by atoms with van der Waals surface area (Å²) in [5, 5.41) is 4.19. The third kappa shape index (κ3) is 4.82. The Morgan fingerprint density at radius 3 is 2.48 bits per heavy atom. The molecule has 0 fully saturated rings. The largest absolute Gasteiger partial charge is 0.351 e. The summed E-state index contributed by atoms with van der Waals surface area (Å²) in [4.78, 5) is 13.1. The lowest BCUT2D eigenvalue weighted by atomic mass is 10.2. The first-order valence-electron chi connectivity index (χ1n) is 6.18. The maximum Gasteiger partial charge on any atom is 0.252 e. The van der Waals surface area contributed by atoms with Gasteiger partial charge in [0.25, 0.3) is 5.91 Å². The Kier molecular flexibility index (Phi) is 6.24. The molecule has 1 N–H and O–H groups in total. The van der Waals surface area contributed by atoms with Crippen LogP contribution in [0, 0.1) is 0 Å². The second kappa shape index (κ2) is 7.95. The Hall–Kier alpha value is -0.870. The molecule has 21 heavy (non-hydrogen) atoms. The molecule has 0 unspecified atom stereocenters. The van der Waals surface area contributed by atoms with E-state index in [-0.39, 0.29) is 10.9 Å². The molecule has 1 amide bonds. The topological polar surface area (TPSA) is 29.1 Å². The van der Waals surface area contributed by atoms with Crippen molar-refractivity contribution in [3.05, 3.63) is 63.1 Å². The van der Waals surface area contributed by atoms with Crippen LogP contribution < -0.4 is 5.32 Å². The summed E-state index contributed by atoms with van der Waals surface area (Å²) < 4.78 is 0. The van der Waals surface area contributed by atoms with Crippen LogP contribution >= 0.6 is 46.6 Å². The standard InChI is InChI=1S/C15H12Cl3NOS/c16-10-4-6-11(7-5-10)21-9-8-19-15(20)12-2-1-3-13(17)14(12)18/h1-7H,8-9H2,(H,19,20). The number of halogens is 3. The summed E-state index contributed by atoms with van der Waals surface area (Å²) >= 11 is 19.3. The Morgan fingerprint density at radius 1 is 1.05 bits per heavy atom. The molecule has 0 saturated heterocycles. The molecule has 0 aliphatic rings. The lowest BCUT2D eigenvalue weighted by Crippen LogP contribution is -2.26. The molecule has 110 valence electrons. The van der Waals surface area contributed by atoms with Gasteiger partial charge in [-0.2, -0.15) is 0 Å². The minimum Gasteiger partial charge on any atom is -0.351 e. The van der Waals surface area contributed by atoms with Gasteiger partial charge in [0.15, 0.2) is 0 Å². The van der Waals surface area contributed by atoms with Crippen molar-refractivity contribution in [2.24, 2.45) is 0 Å². The van der Waals surface area contributed by atoms with Crippen LogP contribution in [0.25, 0.3) is 0 Å². The van der Waals surface area contributed by atoms with Crippen molar-refractivity contribution in [1.82, 2.24) is 5.32 Å². The van der Waals surface area contributed by atoms with Crippen molar-refractivity contribution in [3.63, 3.8) is 0 Å². The van der Waals surface area contributed by atoms with Crippen LogP contribution in [-0.4, -0.2) is 18.2 Å². The molecule has 0 radical (unpaired) electrons.